The standard InChI is InChI=1S/C20H25N5O3/c1-13-4-5-14(8-17(13)26)19(28)21-16-10-20(6-3-7-20)25(12-16)18(27)9-15-11-24(2)23-22-15/h4-5,8,11,16,26H,3,6-7,9-10,12H2,1-2H3,(H,21,28). The lowest BCUT2D eigenvalue weighted by Gasteiger charge is -2.45. The molecule has 2 amide bonds. The first-order valence-electron chi connectivity index (χ1n) is 9.62. The van der Waals surface area contributed by atoms with Crippen LogP contribution in [0.15, 0.2) is 24.4 Å². The fraction of sp³-hybridized carbons (Fsp3) is 0.500. The Morgan fingerprint density at radius 2 is 2.14 bits per heavy atom. The molecular formula is C20H25N5O3. The predicted molar refractivity (Wildman–Crippen MR) is 102 cm³/mol. The molecule has 1 aromatic heterocycles. The van der Waals surface area contributed by atoms with Crippen molar-refractivity contribution in [2.45, 2.75) is 50.6 Å². The number of nitrogens with zero attached hydrogens (tertiary/aromatic N) is 4. The summed E-state index contributed by atoms with van der Waals surface area (Å²) in [6.07, 6.45) is 5.78. The molecule has 1 saturated heterocycles. The molecule has 2 aliphatic rings. The number of aryl methyl sites for hydroxylation is 2. The summed E-state index contributed by atoms with van der Waals surface area (Å²) < 4.78 is 1.59. The minimum absolute atomic E-state index is 0.0323. The number of hydrogen-bond donors (Lipinski definition) is 2. The third kappa shape index (κ3) is 3.34. The van der Waals surface area contributed by atoms with Gasteiger partial charge in [-0.2, -0.15) is 0 Å². The molecule has 8 heteroatoms. The first-order chi connectivity index (χ1) is 13.4. The molecule has 28 heavy (non-hydrogen) atoms. The summed E-state index contributed by atoms with van der Waals surface area (Å²) in [5.74, 6) is -0.0850. The van der Waals surface area contributed by atoms with E-state index < -0.39 is 0 Å². The number of nitrogens with one attached hydrogen (secondary N) is 1. The molecule has 0 bridgehead atoms. The van der Waals surface area contributed by atoms with Crippen molar-refractivity contribution in [3.05, 3.63) is 41.2 Å². The number of phenols is 1. The Hall–Kier alpha value is -2.90. The van der Waals surface area contributed by atoms with Gasteiger partial charge in [-0.3, -0.25) is 14.3 Å². The Kier molecular flexibility index (Phi) is 4.56. The van der Waals surface area contributed by atoms with Crippen molar-refractivity contribution < 1.29 is 14.7 Å². The molecule has 2 N–H and O–H groups in total. The lowest BCUT2D eigenvalue weighted by Crippen LogP contribution is -2.52. The number of rotatable bonds is 4. The predicted octanol–water partition coefficient (Wildman–Crippen LogP) is 1.33. The average Bonchev–Trinajstić information content (AvgIpc) is 3.20. The van der Waals surface area contributed by atoms with Crippen molar-refractivity contribution in [1.82, 2.24) is 25.2 Å². The highest BCUT2D eigenvalue weighted by Crippen LogP contribution is 2.45. The van der Waals surface area contributed by atoms with Crippen LogP contribution in [-0.4, -0.2) is 54.9 Å². The van der Waals surface area contributed by atoms with Gasteiger partial charge in [0.2, 0.25) is 5.91 Å². The molecule has 1 unspecified atom stereocenters. The second kappa shape index (κ2) is 6.92. The van der Waals surface area contributed by atoms with E-state index in [1.807, 2.05) is 4.90 Å². The van der Waals surface area contributed by atoms with Crippen molar-refractivity contribution in [1.29, 1.82) is 0 Å². The molecule has 1 saturated carbocycles. The van der Waals surface area contributed by atoms with Crippen LogP contribution >= 0.6 is 0 Å². The summed E-state index contributed by atoms with van der Waals surface area (Å²) >= 11 is 0. The Morgan fingerprint density at radius 3 is 2.75 bits per heavy atom. The van der Waals surface area contributed by atoms with E-state index in [0.29, 0.717) is 17.8 Å². The van der Waals surface area contributed by atoms with Crippen LogP contribution in [0, 0.1) is 6.92 Å². The highest BCUT2D eigenvalue weighted by molar-refractivity contribution is 5.95. The maximum atomic E-state index is 12.9. The maximum absolute atomic E-state index is 12.9. The molecular weight excluding hydrogens is 358 g/mol. The minimum atomic E-state index is -0.224. The number of likely N-dealkylation sites (tertiary alicyclic amines) is 1. The van der Waals surface area contributed by atoms with Gasteiger partial charge in [0.15, 0.2) is 0 Å². The van der Waals surface area contributed by atoms with Gasteiger partial charge in [0, 0.05) is 36.9 Å². The third-order valence-electron chi connectivity index (χ3n) is 5.98. The maximum Gasteiger partial charge on any atom is 0.251 e. The second-order valence-electron chi connectivity index (χ2n) is 8.02. The highest BCUT2D eigenvalue weighted by atomic mass is 16.3. The van der Waals surface area contributed by atoms with Gasteiger partial charge in [-0.15, -0.1) is 5.10 Å². The van der Waals surface area contributed by atoms with E-state index in [9.17, 15) is 14.7 Å². The van der Waals surface area contributed by atoms with Crippen LogP contribution in [0.3, 0.4) is 0 Å². The molecule has 1 aliphatic heterocycles. The molecule has 0 radical (unpaired) electrons. The monoisotopic (exact) mass is 383 g/mol. The van der Waals surface area contributed by atoms with E-state index in [-0.39, 0.29) is 35.6 Å². The molecule has 2 fully saturated rings. The van der Waals surface area contributed by atoms with Crippen LogP contribution in [0.25, 0.3) is 0 Å². The molecule has 1 atom stereocenters. The van der Waals surface area contributed by atoms with Gasteiger partial charge >= 0.3 is 0 Å². The number of benzene rings is 1. The van der Waals surface area contributed by atoms with Gasteiger partial charge in [-0.1, -0.05) is 11.3 Å². The van der Waals surface area contributed by atoms with E-state index >= 15 is 0 Å². The fourth-order valence-corrected chi connectivity index (χ4v) is 4.32. The van der Waals surface area contributed by atoms with E-state index in [1.54, 1.807) is 37.0 Å². The second-order valence-corrected chi connectivity index (χ2v) is 8.02. The number of carbonyl (C=O) groups is 2. The SMILES string of the molecule is Cc1ccc(C(=O)NC2CN(C(=O)Cc3cn(C)nn3)C3(CCC3)C2)cc1O. The van der Waals surface area contributed by atoms with Crippen LogP contribution in [0.5, 0.6) is 5.75 Å². The summed E-state index contributed by atoms with van der Waals surface area (Å²) in [6.45, 7) is 2.29. The number of hydrogen-bond acceptors (Lipinski definition) is 5. The first kappa shape index (κ1) is 18.5. The van der Waals surface area contributed by atoms with Gasteiger partial charge < -0.3 is 15.3 Å². The Labute approximate surface area is 163 Å². The van der Waals surface area contributed by atoms with E-state index in [0.717, 1.165) is 31.2 Å². The topological polar surface area (TPSA) is 100 Å². The molecule has 2 aromatic rings. The highest BCUT2D eigenvalue weighted by Gasteiger charge is 2.51. The lowest BCUT2D eigenvalue weighted by molar-refractivity contribution is -0.137. The summed E-state index contributed by atoms with van der Waals surface area (Å²) in [4.78, 5) is 27.5. The van der Waals surface area contributed by atoms with Crippen molar-refractivity contribution in [2.24, 2.45) is 7.05 Å². The quantitative estimate of drug-likeness (QED) is 0.830. The molecule has 2 heterocycles. The van der Waals surface area contributed by atoms with Crippen molar-refractivity contribution >= 4 is 11.8 Å². The lowest BCUT2D eigenvalue weighted by atomic mass is 9.74. The van der Waals surface area contributed by atoms with Crippen LogP contribution in [0.4, 0.5) is 0 Å². The number of aromatic nitrogens is 3. The normalized spacial score (nSPS) is 20.2. The Bertz CT molecular complexity index is 918. The van der Waals surface area contributed by atoms with Crippen molar-refractivity contribution in [3.8, 4) is 5.75 Å². The van der Waals surface area contributed by atoms with E-state index in [2.05, 4.69) is 15.6 Å². The summed E-state index contributed by atoms with van der Waals surface area (Å²) in [5.41, 5.74) is 1.67. The van der Waals surface area contributed by atoms with Crippen molar-refractivity contribution in [3.63, 3.8) is 0 Å². The van der Waals surface area contributed by atoms with Crippen LogP contribution in [0.2, 0.25) is 0 Å². The smallest absolute Gasteiger partial charge is 0.251 e. The molecule has 8 nitrogen and oxygen atoms in total. The molecule has 1 aliphatic carbocycles. The van der Waals surface area contributed by atoms with Crippen molar-refractivity contribution in [2.75, 3.05) is 6.54 Å². The summed E-state index contributed by atoms with van der Waals surface area (Å²) in [5, 5.41) is 20.8. The van der Waals surface area contributed by atoms with Gasteiger partial charge in [0.05, 0.1) is 12.1 Å². The summed E-state index contributed by atoms with van der Waals surface area (Å²) in [7, 11) is 1.78. The number of phenolic OH excluding ortho intramolecular Hbond substituents is 1. The van der Waals surface area contributed by atoms with E-state index in [4.69, 9.17) is 0 Å². The van der Waals surface area contributed by atoms with Gasteiger partial charge in [0.1, 0.15) is 5.75 Å². The molecule has 148 valence electrons. The Balaban J connectivity index is 1.44. The fourth-order valence-electron chi connectivity index (χ4n) is 4.32. The largest absolute Gasteiger partial charge is 0.508 e. The van der Waals surface area contributed by atoms with Crippen LogP contribution in [0.1, 0.15) is 47.3 Å². The van der Waals surface area contributed by atoms with Gasteiger partial charge in [-0.05, 0) is 50.3 Å². The average molecular weight is 383 g/mol. The first-order valence-corrected chi connectivity index (χ1v) is 9.62. The van der Waals surface area contributed by atoms with Gasteiger partial charge in [-0.25, -0.2) is 0 Å². The number of amides is 2. The number of aromatic hydroxyl groups is 1. The summed E-state index contributed by atoms with van der Waals surface area (Å²) in [6, 6.07) is 4.82. The van der Waals surface area contributed by atoms with Crippen LogP contribution in [-0.2, 0) is 18.3 Å². The zero-order valence-electron chi connectivity index (χ0n) is 16.2. The third-order valence-corrected chi connectivity index (χ3v) is 5.98. The van der Waals surface area contributed by atoms with Crippen LogP contribution < -0.4 is 5.32 Å². The Morgan fingerprint density at radius 1 is 1.36 bits per heavy atom. The van der Waals surface area contributed by atoms with Gasteiger partial charge in [0.25, 0.3) is 5.91 Å². The number of carbonyl (C=O) groups excluding carboxylic acids is 2. The zero-order chi connectivity index (χ0) is 19.9. The molecule has 1 spiro atoms. The zero-order valence-corrected chi connectivity index (χ0v) is 16.2. The van der Waals surface area contributed by atoms with E-state index in [1.165, 1.54) is 6.07 Å². The molecule has 1 aromatic carbocycles. The minimum Gasteiger partial charge on any atom is -0.508 e. The molecule has 4 rings (SSSR count).